The second-order valence-corrected chi connectivity index (χ2v) is 4.07. The topological polar surface area (TPSA) is 46.3 Å². The van der Waals surface area contributed by atoms with Gasteiger partial charge < -0.3 is 9.63 Å². The molecular weight excluding hydrogens is 202 g/mol. The Morgan fingerprint density at radius 2 is 1.94 bits per heavy atom. The van der Waals surface area contributed by atoms with Gasteiger partial charge in [0, 0.05) is 12.5 Å². The zero-order valence-electron chi connectivity index (χ0n) is 9.47. The zero-order valence-corrected chi connectivity index (χ0v) is 9.47. The fraction of sp³-hybridized carbons (Fsp3) is 0.308. The Kier molecular flexibility index (Phi) is 3.06. The van der Waals surface area contributed by atoms with Crippen LogP contribution in [0.1, 0.15) is 28.7 Å². The molecular formula is C13H15NO2. The third kappa shape index (κ3) is 2.49. The van der Waals surface area contributed by atoms with Gasteiger partial charge in [-0.2, -0.15) is 0 Å². The van der Waals surface area contributed by atoms with Gasteiger partial charge in [0.15, 0.2) is 0 Å². The first-order valence-electron chi connectivity index (χ1n) is 5.32. The third-order valence-corrected chi connectivity index (χ3v) is 2.53. The molecule has 1 aromatic carbocycles. The molecule has 1 aromatic heterocycles. The molecule has 1 N–H and O–H groups in total. The Bertz CT molecular complexity index is 459. The van der Waals surface area contributed by atoms with Crippen molar-refractivity contribution < 1.29 is 9.63 Å². The van der Waals surface area contributed by atoms with Crippen molar-refractivity contribution in [3.8, 4) is 0 Å². The van der Waals surface area contributed by atoms with E-state index in [1.807, 2.05) is 44.2 Å². The van der Waals surface area contributed by atoms with E-state index >= 15 is 0 Å². The average Bonchev–Trinajstić information content (AvgIpc) is 2.65. The number of aromatic nitrogens is 1. The van der Waals surface area contributed by atoms with Crippen molar-refractivity contribution in [3.63, 3.8) is 0 Å². The number of hydrogen-bond acceptors (Lipinski definition) is 3. The quantitative estimate of drug-likeness (QED) is 0.859. The van der Waals surface area contributed by atoms with Gasteiger partial charge in [-0.15, -0.1) is 0 Å². The molecule has 0 spiro atoms. The molecule has 0 saturated heterocycles. The highest BCUT2D eigenvalue weighted by molar-refractivity contribution is 5.24. The van der Waals surface area contributed by atoms with Crippen LogP contribution in [0, 0.1) is 13.8 Å². The smallest absolute Gasteiger partial charge is 0.139 e. The number of aryl methyl sites for hydroxylation is 2. The van der Waals surface area contributed by atoms with Crippen LogP contribution >= 0.6 is 0 Å². The van der Waals surface area contributed by atoms with Crippen LogP contribution in [0.25, 0.3) is 0 Å². The maximum absolute atomic E-state index is 9.99. The van der Waals surface area contributed by atoms with Crippen LogP contribution in [0.2, 0.25) is 0 Å². The van der Waals surface area contributed by atoms with E-state index in [0.29, 0.717) is 12.2 Å². The largest absolute Gasteiger partial charge is 0.388 e. The molecule has 3 heteroatoms. The van der Waals surface area contributed by atoms with Crippen LogP contribution in [-0.2, 0) is 6.42 Å². The summed E-state index contributed by atoms with van der Waals surface area (Å²) < 4.78 is 5.07. The number of nitrogens with zero attached hydrogens (tertiary/aromatic N) is 1. The van der Waals surface area contributed by atoms with Gasteiger partial charge >= 0.3 is 0 Å². The Hall–Kier alpha value is -1.61. The van der Waals surface area contributed by atoms with Gasteiger partial charge in [-0.25, -0.2) is 0 Å². The summed E-state index contributed by atoms with van der Waals surface area (Å²) in [6.07, 6.45) is -0.0721. The SMILES string of the molecule is Cc1ccc([C@@H](O)Cc2cc(C)no2)cc1. The van der Waals surface area contributed by atoms with Crippen molar-refractivity contribution in [2.24, 2.45) is 0 Å². The van der Waals surface area contributed by atoms with E-state index in [1.165, 1.54) is 5.56 Å². The number of aliphatic hydroxyl groups excluding tert-OH is 1. The Labute approximate surface area is 94.7 Å². The fourth-order valence-corrected chi connectivity index (χ4v) is 1.61. The second-order valence-electron chi connectivity index (χ2n) is 4.07. The summed E-state index contributed by atoms with van der Waals surface area (Å²) in [5.74, 6) is 0.713. The monoisotopic (exact) mass is 217 g/mol. The van der Waals surface area contributed by atoms with E-state index in [9.17, 15) is 5.11 Å². The second kappa shape index (κ2) is 4.49. The molecule has 0 aliphatic carbocycles. The van der Waals surface area contributed by atoms with Gasteiger partial charge in [0.2, 0.25) is 0 Å². The summed E-state index contributed by atoms with van der Waals surface area (Å²) in [5.41, 5.74) is 2.93. The van der Waals surface area contributed by atoms with E-state index in [0.717, 1.165) is 11.3 Å². The molecule has 3 nitrogen and oxygen atoms in total. The molecule has 0 fully saturated rings. The van der Waals surface area contributed by atoms with Gasteiger partial charge in [-0.05, 0) is 19.4 Å². The van der Waals surface area contributed by atoms with E-state index in [4.69, 9.17) is 4.52 Å². The summed E-state index contributed by atoms with van der Waals surface area (Å²) in [6, 6.07) is 9.69. The Balaban J connectivity index is 2.08. The van der Waals surface area contributed by atoms with Gasteiger partial charge in [0.1, 0.15) is 5.76 Å². The van der Waals surface area contributed by atoms with Crippen LogP contribution < -0.4 is 0 Å². The lowest BCUT2D eigenvalue weighted by molar-refractivity contribution is 0.166. The summed E-state index contributed by atoms with van der Waals surface area (Å²) in [4.78, 5) is 0. The zero-order chi connectivity index (χ0) is 11.5. The van der Waals surface area contributed by atoms with Gasteiger partial charge in [-0.1, -0.05) is 35.0 Å². The molecule has 2 aromatic rings. The van der Waals surface area contributed by atoms with Gasteiger partial charge in [0.25, 0.3) is 0 Å². The van der Waals surface area contributed by atoms with Crippen LogP contribution in [0.15, 0.2) is 34.9 Å². The summed E-state index contributed by atoms with van der Waals surface area (Å²) >= 11 is 0. The van der Waals surface area contributed by atoms with Crippen LogP contribution in [0.3, 0.4) is 0 Å². The molecule has 0 saturated carbocycles. The highest BCUT2D eigenvalue weighted by atomic mass is 16.5. The first-order valence-corrected chi connectivity index (χ1v) is 5.32. The summed E-state index contributed by atoms with van der Waals surface area (Å²) in [6.45, 7) is 3.89. The molecule has 0 unspecified atom stereocenters. The molecule has 1 atom stereocenters. The predicted octanol–water partition coefficient (Wildman–Crippen LogP) is 2.57. The molecule has 2 rings (SSSR count). The van der Waals surface area contributed by atoms with Crippen molar-refractivity contribution in [1.29, 1.82) is 0 Å². The van der Waals surface area contributed by atoms with Crippen molar-refractivity contribution in [2.45, 2.75) is 26.4 Å². The lowest BCUT2D eigenvalue weighted by atomic mass is 10.0. The minimum Gasteiger partial charge on any atom is -0.388 e. The lowest BCUT2D eigenvalue weighted by Gasteiger charge is -2.08. The minimum atomic E-state index is -0.534. The molecule has 84 valence electrons. The Morgan fingerprint density at radius 3 is 2.50 bits per heavy atom. The molecule has 0 aliphatic heterocycles. The van der Waals surface area contributed by atoms with E-state index in [2.05, 4.69) is 5.16 Å². The van der Waals surface area contributed by atoms with Gasteiger partial charge in [0.05, 0.1) is 11.8 Å². The standard InChI is InChI=1S/C13H15NO2/c1-9-3-5-11(6-4-9)13(15)8-12-7-10(2)14-16-12/h3-7,13,15H,8H2,1-2H3/t13-/m0/s1. The first kappa shape index (κ1) is 10.9. The molecule has 0 radical (unpaired) electrons. The first-order chi connectivity index (χ1) is 7.65. The van der Waals surface area contributed by atoms with Crippen molar-refractivity contribution in [3.05, 3.63) is 52.9 Å². The summed E-state index contributed by atoms with van der Waals surface area (Å²) in [5, 5.41) is 13.8. The highest BCUT2D eigenvalue weighted by Gasteiger charge is 2.11. The van der Waals surface area contributed by atoms with Crippen LogP contribution in [0.5, 0.6) is 0 Å². The van der Waals surface area contributed by atoms with E-state index in [-0.39, 0.29) is 0 Å². The summed E-state index contributed by atoms with van der Waals surface area (Å²) in [7, 11) is 0. The van der Waals surface area contributed by atoms with Crippen LogP contribution in [-0.4, -0.2) is 10.3 Å². The minimum absolute atomic E-state index is 0.462. The molecule has 16 heavy (non-hydrogen) atoms. The fourth-order valence-electron chi connectivity index (χ4n) is 1.61. The Morgan fingerprint density at radius 1 is 1.25 bits per heavy atom. The van der Waals surface area contributed by atoms with Crippen molar-refractivity contribution in [2.75, 3.05) is 0 Å². The van der Waals surface area contributed by atoms with E-state index in [1.54, 1.807) is 0 Å². The van der Waals surface area contributed by atoms with Crippen molar-refractivity contribution >= 4 is 0 Å². The normalized spacial score (nSPS) is 12.7. The molecule has 0 bridgehead atoms. The number of rotatable bonds is 3. The maximum atomic E-state index is 9.99. The lowest BCUT2D eigenvalue weighted by Crippen LogP contribution is -2.00. The number of aliphatic hydroxyl groups is 1. The average molecular weight is 217 g/mol. The number of hydrogen-bond donors (Lipinski definition) is 1. The predicted molar refractivity (Wildman–Crippen MR) is 61.1 cm³/mol. The maximum Gasteiger partial charge on any atom is 0.139 e. The number of benzene rings is 1. The van der Waals surface area contributed by atoms with Crippen LogP contribution in [0.4, 0.5) is 0 Å². The van der Waals surface area contributed by atoms with Crippen molar-refractivity contribution in [1.82, 2.24) is 5.16 Å². The molecule has 1 heterocycles. The highest BCUT2D eigenvalue weighted by Crippen LogP contribution is 2.19. The van der Waals surface area contributed by atoms with Gasteiger partial charge in [-0.3, -0.25) is 0 Å². The third-order valence-electron chi connectivity index (χ3n) is 2.53. The molecule has 0 amide bonds. The molecule has 0 aliphatic rings. The van der Waals surface area contributed by atoms with E-state index < -0.39 is 6.10 Å².